The zero-order valence-electron chi connectivity index (χ0n) is 28.1. The van der Waals surface area contributed by atoms with Crippen LogP contribution < -0.4 is 14.8 Å². The van der Waals surface area contributed by atoms with Crippen LogP contribution in [0.2, 0.25) is 5.02 Å². The molecule has 2 fully saturated rings. The van der Waals surface area contributed by atoms with Gasteiger partial charge in [-0.1, -0.05) is 17.7 Å². The van der Waals surface area contributed by atoms with E-state index in [0.29, 0.717) is 67.7 Å². The van der Waals surface area contributed by atoms with E-state index < -0.39 is 0 Å². The van der Waals surface area contributed by atoms with E-state index in [4.69, 9.17) is 40.4 Å². The van der Waals surface area contributed by atoms with Gasteiger partial charge in [0.15, 0.2) is 0 Å². The molecule has 1 saturated carbocycles. The van der Waals surface area contributed by atoms with Crippen LogP contribution in [-0.4, -0.2) is 117 Å². The van der Waals surface area contributed by atoms with Gasteiger partial charge in [0.2, 0.25) is 5.95 Å². The molecule has 1 atom stereocenters. The van der Waals surface area contributed by atoms with Crippen molar-refractivity contribution >= 4 is 23.2 Å². The lowest BCUT2D eigenvalue weighted by Crippen LogP contribution is -2.45. The van der Waals surface area contributed by atoms with Gasteiger partial charge in [-0.15, -0.1) is 10.2 Å². The van der Waals surface area contributed by atoms with E-state index in [-0.39, 0.29) is 6.10 Å². The molecule has 49 heavy (non-hydrogen) atoms. The van der Waals surface area contributed by atoms with E-state index in [1.807, 2.05) is 29.9 Å². The summed E-state index contributed by atoms with van der Waals surface area (Å²) < 4.78 is 32.1. The molecule has 4 aromatic rings. The first-order chi connectivity index (χ1) is 24.1. The molecule has 1 aromatic carbocycles. The lowest BCUT2D eigenvalue weighted by atomic mass is 9.90. The van der Waals surface area contributed by atoms with Crippen molar-refractivity contribution in [2.75, 3.05) is 65.2 Å². The largest absolute Gasteiger partial charge is 0.487 e. The molecule has 0 unspecified atom stereocenters. The fourth-order valence-corrected chi connectivity index (χ4v) is 6.34. The van der Waals surface area contributed by atoms with Crippen LogP contribution >= 0.6 is 11.6 Å². The van der Waals surface area contributed by atoms with Crippen LogP contribution in [-0.2, 0) is 20.8 Å². The quantitative estimate of drug-likeness (QED) is 0.155. The number of rotatable bonds is 17. The first-order valence-electron chi connectivity index (χ1n) is 16.9. The number of benzene rings is 1. The molecule has 1 saturated heterocycles. The Morgan fingerprint density at radius 3 is 2.55 bits per heavy atom. The number of aromatic nitrogens is 8. The van der Waals surface area contributed by atoms with Crippen molar-refractivity contribution in [3.63, 3.8) is 0 Å². The van der Waals surface area contributed by atoms with Gasteiger partial charge in [-0.2, -0.15) is 0 Å². The Balaban J connectivity index is 1.10. The normalized spacial score (nSPS) is 19.1. The van der Waals surface area contributed by atoms with Crippen molar-refractivity contribution in [2.24, 2.45) is 0 Å². The molecule has 3 aromatic heterocycles. The van der Waals surface area contributed by atoms with Gasteiger partial charge in [0, 0.05) is 57.2 Å². The van der Waals surface area contributed by atoms with Crippen LogP contribution in [0.25, 0.3) is 11.1 Å². The molecular weight excluding hydrogens is 652 g/mol. The Kier molecular flexibility index (Phi) is 12.6. The number of morpholine rings is 1. The van der Waals surface area contributed by atoms with Gasteiger partial charge in [0.05, 0.1) is 56.8 Å². The standard InChI is InChI=1S/C33H45ClN10O5/c1-24(21-43-23-37-40-41-43)49-31-18-25(4-9-29(31)34)26-19-35-33(36-20-26)38-30-22-44(39-32(30)48-13-3-12-46-17-16-45-2)28-7-5-27(6-8-28)42-10-14-47-15-11-42/h4,9,18-20,22-24,27-28H,3,5-8,10-17,21H2,1-2H3,(H,35,36,38)/t24-,27?,28?/m0/s1. The van der Waals surface area contributed by atoms with Crippen LogP contribution in [0.1, 0.15) is 45.1 Å². The van der Waals surface area contributed by atoms with Gasteiger partial charge >= 0.3 is 0 Å². The van der Waals surface area contributed by atoms with Crippen LogP contribution in [0, 0.1) is 0 Å². The minimum Gasteiger partial charge on any atom is -0.487 e. The number of anilines is 2. The third kappa shape index (κ3) is 9.85. The van der Waals surface area contributed by atoms with Crippen molar-refractivity contribution in [1.29, 1.82) is 0 Å². The molecule has 0 spiro atoms. The topological polar surface area (TPSA) is 149 Å². The predicted octanol–water partition coefficient (Wildman–Crippen LogP) is 4.44. The van der Waals surface area contributed by atoms with Crippen LogP contribution in [0.3, 0.4) is 0 Å². The fourth-order valence-electron chi connectivity index (χ4n) is 6.18. The van der Waals surface area contributed by atoms with Crippen molar-refractivity contribution < 1.29 is 23.7 Å². The van der Waals surface area contributed by atoms with Crippen LogP contribution in [0.5, 0.6) is 11.6 Å². The number of tetrazole rings is 1. The first-order valence-corrected chi connectivity index (χ1v) is 17.3. The molecule has 6 rings (SSSR count). The molecule has 0 radical (unpaired) electrons. The van der Waals surface area contributed by atoms with Gasteiger partial charge < -0.3 is 29.0 Å². The highest BCUT2D eigenvalue weighted by atomic mass is 35.5. The summed E-state index contributed by atoms with van der Waals surface area (Å²) in [6, 6.07) is 6.51. The molecule has 1 N–H and O–H groups in total. The maximum atomic E-state index is 6.46. The average molecular weight is 697 g/mol. The number of nitrogens with one attached hydrogen (secondary N) is 1. The highest BCUT2D eigenvalue weighted by Crippen LogP contribution is 2.35. The fraction of sp³-hybridized carbons (Fsp3) is 0.576. The molecule has 16 heteroatoms. The average Bonchev–Trinajstić information content (AvgIpc) is 3.79. The maximum Gasteiger partial charge on any atom is 0.256 e. The number of nitrogens with zero attached hydrogens (tertiary/aromatic N) is 9. The molecule has 4 heterocycles. The summed E-state index contributed by atoms with van der Waals surface area (Å²) in [5.74, 6) is 1.52. The van der Waals surface area contributed by atoms with E-state index in [2.05, 4.69) is 35.7 Å². The second-order valence-corrected chi connectivity index (χ2v) is 12.7. The Bertz CT molecular complexity index is 1560. The summed E-state index contributed by atoms with van der Waals surface area (Å²) in [6.45, 7) is 8.29. The summed E-state index contributed by atoms with van der Waals surface area (Å²) in [6.07, 6.45) is 12.0. The highest BCUT2D eigenvalue weighted by Gasteiger charge is 2.29. The van der Waals surface area contributed by atoms with Gasteiger partial charge in [-0.3, -0.25) is 9.58 Å². The van der Waals surface area contributed by atoms with Crippen molar-refractivity contribution in [2.45, 2.75) is 63.8 Å². The van der Waals surface area contributed by atoms with Crippen molar-refractivity contribution in [3.8, 4) is 22.8 Å². The minimum atomic E-state index is -0.209. The van der Waals surface area contributed by atoms with Crippen LogP contribution in [0.15, 0.2) is 43.1 Å². The van der Waals surface area contributed by atoms with Crippen LogP contribution in [0.4, 0.5) is 11.6 Å². The lowest BCUT2D eigenvalue weighted by Gasteiger charge is -2.38. The van der Waals surface area contributed by atoms with Crippen molar-refractivity contribution in [1.82, 2.24) is 44.9 Å². The molecule has 1 aliphatic heterocycles. The number of ether oxygens (including phenoxy) is 5. The number of hydrogen-bond acceptors (Lipinski definition) is 13. The first kappa shape index (κ1) is 35.0. The third-order valence-corrected chi connectivity index (χ3v) is 9.04. The van der Waals surface area contributed by atoms with E-state index in [1.165, 1.54) is 0 Å². The van der Waals surface area contributed by atoms with E-state index in [0.717, 1.165) is 75.2 Å². The Morgan fingerprint density at radius 2 is 1.80 bits per heavy atom. The Hall–Kier alpha value is -3.89. The minimum absolute atomic E-state index is 0.209. The summed E-state index contributed by atoms with van der Waals surface area (Å²) in [7, 11) is 1.66. The highest BCUT2D eigenvalue weighted by molar-refractivity contribution is 6.32. The lowest BCUT2D eigenvalue weighted by molar-refractivity contribution is 0.00502. The molecule has 0 bridgehead atoms. The smallest absolute Gasteiger partial charge is 0.256 e. The van der Waals surface area contributed by atoms with Gasteiger partial charge in [0.1, 0.15) is 23.9 Å². The van der Waals surface area contributed by atoms with E-state index in [9.17, 15) is 0 Å². The van der Waals surface area contributed by atoms with E-state index in [1.54, 1.807) is 36.6 Å². The van der Waals surface area contributed by atoms with Gasteiger partial charge in [0.25, 0.3) is 5.88 Å². The third-order valence-electron chi connectivity index (χ3n) is 8.73. The molecule has 2 aliphatic rings. The summed E-state index contributed by atoms with van der Waals surface area (Å²) >= 11 is 6.46. The summed E-state index contributed by atoms with van der Waals surface area (Å²) in [4.78, 5) is 11.8. The van der Waals surface area contributed by atoms with E-state index >= 15 is 0 Å². The number of hydrogen-bond donors (Lipinski definition) is 1. The SMILES string of the molecule is COCCOCCCOc1nn(C2CCC(N3CCOCC3)CC2)cc1Nc1ncc(-c2ccc(Cl)c(O[C@@H](C)Cn3cnnn3)c2)cn1. The summed E-state index contributed by atoms with van der Waals surface area (Å²) in [5, 5.41) is 20.0. The second-order valence-electron chi connectivity index (χ2n) is 12.3. The summed E-state index contributed by atoms with van der Waals surface area (Å²) in [5.41, 5.74) is 2.41. The van der Waals surface area contributed by atoms with Gasteiger partial charge in [-0.25, -0.2) is 14.6 Å². The molecule has 15 nitrogen and oxygen atoms in total. The maximum absolute atomic E-state index is 6.46. The molecule has 0 amide bonds. The Morgan fingerprint density at radius 1 is 1.00 bits per heavy atom. The monoisotopic (exact) mass is 696 g/mol. The zero-order valence-corrected chi connectivity index (χ0v) is 28.9. The molecule has 264 valence electrons. The molecule has 1 aliphatic carbocycles. The number of methoxy groups -OCH3 is 1. The zero-order chi connectivity index (χ0) is 33.8. The van der Waals surface area contributed by atoms with Gasteiger partial charge in [-0.05, 0) is 60.7 Å². The predicted molar refractivity (Wildman–Crippen MR) is 182 cm³/mol. The van der Waals surface area contributed by atoms with Crippen molar-refractivity contribution in [3.05, 3.63) is 48.1 Å². The Labute approximate surface area is 291 Å². The second kappa shape index (κ2) is 17.7. The number of halogens is 1. The molecular formula is C33H45ClN10O5.